The molecule has 27 heavy (non-hydrogen) atoms. The SMILES string of the molecule is OC[C@@H]1[C@@H](O)[C@H](O)CN1C[C@@H](O)[C@H]1OC(c2ccc(F)c(Cl)c2)OC[C@H]1O. The fourth-order valence-electron chi connectivity index (χ4n) is 3.47. The van der Waals surface area contributed by atoms with E-state index in [0.29, 0.717) is 5.56 Å². The van der Waals surface area contributed by atoms with Crippen molar-refractivity contribution in [2.24, 2.45) is 0 Å². The average molecular weight is 408 g/mol. The van der Waals surface area contributed by atoms with Gasteiger partial charge in [0.25, 0.3) is 0 Å². The summed E-state index contributed by atoms with van der Waals surface area (Å²) in [5.41, 5.74) is 0.436. The highest BCUT2D eigenvalue weighted by atomic mass is 35.5. The molecule has 2 fully saturated rings. The summed E-state index contributed by atoms with van der Waals surface area (Å²) in [6, 6.07) is 3.22. The largest absolute Gasteiger partial charge is 0.395 e. The Morgan fingerprint density at radius 2 is 2.00 bits per heavy atom. The van der Waals surface area contributed by atoms with Crippen LogP contribution in [0.25, 0.3) is 0 Å². The molecule has 3 rings (SSSR count). The average Bonchev–Trinajstić information content (AvgIpc) is 2.90. The molecular formula is C17H23ClFNO7. The zero-order chi connectivity index (χ0) is 19.7. The number of rotatable bonds is 5. The third-order valence-corrected chi connectivity index (χ3v) is 5.25. The predicted octanol–water partition coefficient (Wildman–Crippen LogP) is -0.987. The van der Waals surface area contributed by atoms with E-state index in [1.165, 1.54) is 23.1 Å². The van der Waals surface area contributed by atoms with Gasteiger partial charge >= 0.3 is 0 Å². The van der Waals surface area contributed by atoms with Crippen LogP contribution in [0.15, 0.2) is 18.2 Å². The van der Waals surface area contributed by atoms with Gasteiger partial charge in [-0.1, -0.05) is 17.7 Å². The van der Waals surface area contributed by atoms with Crippen molar-refractivity contribution in [3.05, 3.63) is 34.6 Å². The monoisotopic (exact) mass is 407 g/mol. The number of hydrogen-bond donors (Lipinski definition) is 5. The maximum Gasteiger partial charge on any atom is 0.184 e. The van der Waals surface area contributed by atoms with Crippen LogP contribution in [0.4, 0.5) is 4.39 Å². The van der Waals surface area contributed by atoms with Crippen LogP contribution in [0, 0.1) is 5.82 Å². The van der Waals surface area contributed by atoms with E-state index >= 15 is 0 Å². The van der Waals surface area contributed by atoms with Gasteiger partial charge in [0.05, 0.1) is 42.6 Å². The molecular weight excluding hydrogens is 385 g/mol. The van der Waals surface area contributed by atoms with Crippen LogP contribution < -0.4 is 0 Å². The first kappa shape index (κ1) is 20.8. The zero-order valence-corrected chi connectivity index (χ0v) is 15.1. The Morgan fingerprint density at radius 3 is 2.67 bits per heavy atom. The fraction of sp³-hybridized carbons (Fsp3) is 0.647. The van der Waals surface area contributed by atoms with Gasteiger partial charge in [-0.15, -0.1) is 0 Å². The maximum absolute atomic E-state index is 13.3. The van der Waals surface area contributed by atoms with E-state index in [0.717, 1.165) is 0 Å². The van der Waals surface area contributed by atoms with Crippen LogP contribution >= 0.6 is 11.6 Å². The molecule has 2 heterocycles. The number of aliphatic hydroxyl groups is 5. The van der Waals surface area contributed by atoms with E-state index < -0.39 is 55.3 Å². The highest BCUT2D eigenvalue weighted by Gasteiger charge is 2.43. The highest BCUT2D eigenvalue weighted by Crippen LogP contribution is 2.31. The second-order valence-corrected chi connectivity index (χ2v) is 7.24. The molecule has 0 saturated carbocycles. The molecule has 8 nitrogen and oxygen atoms in total. The molecule has 0 amide bonds. The zero-order valence-electron chi connectivity index (χ0n) is 14.4. The Morgan fingerprint density at radius 1 is 1.26 bits per heavy atom. The maximum atomic E-state index is 13.3. The van der Waals surface area contributed by atoms with Gasteiger partial charge in [-0.25, -0.2) is 4.39 Å². The van der Waals surface area contributed by atoms with Gasteiger partial charge in [0.15, 0.2) is 6.29 Å². The summed E-state index contributed by atoms with van der Waals surface area (Å²) in [6.07, 6.45) is -6.44. The molecule has 0 aliphatic carbocycles. The topological polar surface area (TPSA) is 123 Å². The summed E-state index contributed by atoms with van der Waals surface area (Å²) >= 11 is 5.77. The van der Waals surface area contributed by atoms with Gasteiger partial charge in [-0.05, 0) is 12.1 Å². The molecule has 0 radical (unpaired) electrons. The molecule has 0 spiro atoms. The summed E-state index contributed by atoms with van der Waals surface area (Å²) in [7, 11) is 0. The molecule has 2 aliphatic rings. The van der Waals surface area contributed by atoms with Gasteiger partial charge in [-0.2, -0.15) is 0 Å². The second-order valence-electron chi connectivity index (χ2n) is 6.84. The number of aliphatic hydroxyl groups excluding tert-OH is 5. The van der Waals surface area contributed by atoms with Crippen molar-refractivity contribution in [3.63, 3.8) is 0 Å². The molecule has 152 valence electrons. The van der Waals surface area contributed by atoms with Crippen LogP contribution in [-0.4, -0.2) is 93.3 Å². The van der Waals surface area contributed by atoms with Crippen molar-refractivity contribution >= 4 is 11.6 Å². The van der Waals surface area contributed by atoms with E-state index in [9.17, 15) is 29.9 Å². The minimum atomic E-state index is -1.19. The molecule has 1 aromatic rings. The first-order valence-corrected chi connectivity index (χ1v) is 8.98. The lowest BCUT2D eigenvalue weighted by molar-refractivity contribution is -0.276. The second kappa shape index (κ2) is 8.64. The van der Waals surface area contributed by atoms with E-state index in [1.807, 2.05) is 0 Å². The molecule has 10 heteroatoms. The number of halogens is 2. The van der Waals surface area contributed by atoms with Crippen LogP contribution in [-0.2, 0) is 9.47 Å². The van der Waals surface area contributed by atoms with Gasteiger partial charge in [0, 0.05) is 18.7 Å². The van der Waals surface area contributed by atoms with Crippen molar-refractivity contribution in [2.75, 3.05) is 26.3 Å². The van der Waals surface area contributed by atoms with Gasteiger partial charge in [0.1, 0.15) is 18.0 Å². The Bertz CT molecular complexity index is 654. The highest BCUT2D eigenvalue weighted by molar-refractivity contribution is 6.30. The first-order valence-electron chi connectivity index (χ1n) is 8.61. The molecule has 7 atom stereocenters. The Kier molecular flexibility index (Phi) is 6.67. The minimum absolute atomic E-state index is 0.0437. The van der Waals surface area contributed by atoms with E-state index in [1.54, 1.807) is 0 Å². The van der Waals surface area contributed by atoms with Gasteiger partial charge in [-0.3, -0.25) is 4.90 Å². The van der Waals surface area contributed by atoms with Crippen LogP contribution in [0.1, 0.15) is 11.9 Å². The molecule has 0 aromatic heterocycles. The van der Waals surface area contributed by atoms with Crippen LogP contribution in [0.3, 0.4) is 0 Å². The molecule has 2 saturated heterocycles. The van der Waals surface area contributed by atoms with Crippen molar-refractivity contribution in [1.82, 2.24) is 4.90 Å². The third-order valence-electron chi connectivity index (χ3n) is 4.96. The quantitative estimate of drug-likeness (QED) is 0.422. The number of benzene rings is 1. The number of hydrogen-bond acceptors (Lipinski definition) is 8. The molecule has 0 bridgehead atoms. The van der Waals surface area contributed by atoms with Crippen molar-refractivity contribution in [2.45, 2.75) is 42.9 Å². The Hall–Kier alpha value is -0.880. The summed E-state index contributed by atoms with van der Waals surface area (Å²) in [5.74, 6) is -0.589. The lowest BCUT2D eigenvalue weighted by Gasteiger charge is -2.38. The van der Waals surface area contributed by atoms with E-state index in [4.69, 9.17) is 21.1 Å². The smallest absolute Gasteiger partial charge is 0.184 e. The lowest BCUT2D eigenvalue weighted by atomic mass is 10.1. The van der Waals surface area contributed by atoms with Crippen molar-refractivity contribution in [3.8, 4) is 0 Å². The summed E-state index contributed by atoms with van der Waals surface area (Å²) in [6.45, 7) is -0.480. The molecule has 1 aromatic carbocycles. The van der Waals surface area contributed by atoms with Crippen LogP contribution in [0.5, 0.6) is 0 Å². The van der Waals surface area contributed by atoms with Crippen molar-refractivity contribution < 1.29 is 39.4 Å². The fourth-order valence-corrected chi connectivity index (χ4v) is 3.66. The first-order chi connectivity index (χ1) is 12.8. The number of ether oxygens (including phenoxy) is 2. The third kappa shape index (κ3) is 4.42. The number of nitrogens with zero attached hydrogens (tertiary/aromatic N) is 1. The number of β-amino-alcohol motifs (C(OH)–C–C–N with tert-alkyl or cyclic N) is 2. The Balaban J connectivity index is 1.68. The van der Waals surface area contributed by atoms with Gasteiger partial charge < -0.3 is 35.0 Å². The minimum Gasteiger partial charge on any atom is -0.395 e. The molecule has 1 unspecified atom stereocenters. The van der Waals surface area contributed by atoms with E-state index in [-0.39, 0.29) is 24.7 Å². The Labute approximate surface area is 160 Å². The van der Waals surface area contributed by atoms with E-state index in [2.05, 4.69) is 0 Å². The summed E-state index contributed by atoms with van der Waals surface area (Å²) < 4.78 is 24.4. The standard InChI is InChI=1S/C17H23ClFNO7/c18-9-3-8(1-2-10(9)19)17-26-7-14(24)16(27-17)13(23)5-20-4-12(22)15(25)11(20)6-21/h1-3,11-17,21-25H,4-7H2/t11-,12-,13-,14-,15-,16-,17?/m1/s1. The summed E-state index contributed by atoms with van der Waals surface area (Å²) in [4.78, 5) is 1.54. The van der Waals surface area contributed by atoms with Crippen LogP contribution in [0.2, 0.25) is 5.02 Å². The predicted molar refractivity (Wildman–Crippen MR) is 91.5 cm³/mol. The molecule has 2 aliphatic heterocycles. The summed E-state index contributed by atoms with van der Waals surface area (Å²) in [5, 5.41) is 49.6. The molecule has 5 N–H and O–H groups in total. The lowest BCUT2D eigenvalue weighted by Crippen LogP contribution is -2.52. The number of likely N-dealkylation sites (tertiary alicyclic amines) is 1. The normalized spacial score (nSPS) is 36.1. The van der Waals surface area contributed by atoms with Gasteiger partial charge in [0.2, 0.25) is 0 Å². The van der Waals surface area contributed by atoms with Crippen molar-refractivity contribution in [1.29, 1.82) is 0 Å².